The zero-order chi connectivity index (χ0) is 19.6. The molecule has 0 saturated carbocycles. The molecular formula is C17H16N2O7. The number of aliphatic hydroxyl groups excluding tert-OH is 1. The van der Waals surface area contributed by atoms with Gasteiger partial charge in [0.25, 0.3) is 0 Å². The van der Waals surface area contributed by atoms with Crippen molar-refractivity contribution < 1.29 is 34.1 Å². The van der Waals surface area contributed by atoms with Crippen LogP contribution in [0.4, 0.5) is 11.4 Å². The number of aromatic hydroxyl groups is 1. The monoisotopic (exact) mass is 360 g/mol. The van der Waals surface area contributed by atoms with Crippen molar-refractivity contribution in [2.24, 2.45) is 0 Å². The van der Waals surface area contributed by atoms with Crippen molar-refractivity contribution in [3.05, 3.63) is 40.8 Å². The number of cyclic esters (lactones) is 2. The second-order valence-corrected chi connectivity index (χ2v) is 5.49. The van der Waals surface area contributed by atoms with Crippen LogP contribution >= 0.6 is 0 Å². The predicted molar refractivity (Wildman–Crippen MR) is 90.2 cm³/mol. The van der Waals surface area contributed by atoms with Crippen LogP contribution in [0.3, 0.4) is 0 Å². The Hall–Kier alpha value is -3.62. The minimum atomic E-state index is -1.21. The van der Waals surface area contributed by atoms with Gasteiger partial charge >= 0.3 is 11.9 Å². The van der Waals surface area contributed by atoms with Crippen molar-refractivity contribution in [1.29, 1.82) is 0 Å². The van der Waals surface area contributed by atoms with E-state index in [2.05, 4.69) is 15.4 Å². The van der Waals surface area contributed by atoms with E-state index in [1.165, 1.54) is 32.0 Å². The van der Waals surface area contributed by atoms with Gasteiger partial charge in [-0.3, -0.25) is 9.59 Å². The van der Waals surface area contributed by atoms with Gasteiger partial charge in [0.1, 0.15) is 22.7 Å². The van der Waals surface area contributed by atoms with Gasteiger partial charge in [0.2, 0.25) is 5.91 Å². The van der Waals surface area contributed by atoms with E-state index in [1.807, 2.05) is 0 Å². The number of ketones is 1. The first kappa shape index (κ1) is 18.7. The summed E-state index contributed by atoms with van der Waals surface area (Å²) < 4.78 is 4.49. The summed E-state index contributed by atoms with van der Waals surface area (Å²) in [5.74, 6) is -4.40. The minimum absolute atomic E-state index is 0.0956. The first-order chi connectivity index (χ1) is 12.1. The molecular weight excluding hydrogens is 344 g/mol. The van der Waals surface area contributed by atoms with Gasteiger partial charge in [-0.1, -0.05) is 0 Å². The Balaban J connectivity index is 2.45. The molecule has 0 fully saturated rings. The van der Waals surface area contributed by atoms with Crippen molar-refractivity contribution in [3.63, 3.8) is 0 Å². The van der Waals surface area contributed by atoms with Crippen molar-refractivity contribution in [1.82, 2.24) is 0 Å². The van der Waals surface area contributed by atoms with Gasteiger partial charge in [-0.2, -0.15) is 0 Å². The molecule has 1 aromatic rings. The van der Waals surface area contributed by atoms with E-state index < -0.39 is 35.0 Å². The number of allylic oxidation sites excluding steroid dienone is 1. The maximum atomic E-state index is 11.9. The summed E-state index contributed by atoms with van der Waals surface area (Å²) in [7, 11) is 0. The fourth-order valence-electron chi connectivity index (χ4n) is 2.33. The van der Waals surface area contributed by atoms with E-state index in [0.29, 0.717) is 5.69 Å². The average Bonchev–Trinajstić information content (AvgIpc) is 2.49. The molecule has 0 saturated heterocycles. The summed E-state index contributed by atoms with van der Waals surface area (Å²) in [4.78, 5) is 46.2. The summed E-state index contributed by atoms with van der Waals surface area (Å²) in [6, 6.07) is 4.16. The highest BCUT2D eigenvalue weighted by Crippen LogP contribution is 2.29. The van der Waals surface area contributed by atoms with Gasteiger partial charge in [0, 0.05) is 18.3 Å². The molecule has 1 aromatic carbocycles. The average molecular weight is 360 g/mol. The van der Waals surface area contributed by atoms with Gasteiger partial charge in [0.05, 0.1) is 5.69 Å². The minimum Gasteiger partial charge on any atom is -0.506 e. The van der Waals surface area contributed by atoms with Crippen LogP contribution in [0.25, 0.3) is 0 Å². The Morgan fingerprint density at radius 3 is 2.23 bits per heavy atom. The number of aliphatic hydroxyl groups is 1. The molecule has 0 spiro atoms. The van der Waals surface area contributed by atoms with Crippen LogP contribution in [0, 0.1) is 0 Å². The van der Waals surface area contributed by atoms with Crippen LogP contribution in [-0.2, 0) is 23.9 Å². The lowest BCUT2D eigenvalue weighted by atomic mass is 10.0. The molecule has 4 N–H and O–H groups in total. The number of carbonyl (C=O) groups excluding carboxylic acids is 4. The molecule has 1 aliphatic rings. The number of carbonyl (C=O) groups is 4. The van der Waals surface area contributed by atoms with Gasteiger partial charge in [0.15, 0.2) is 5.78 Å². The highest BCUT2D eigenvalue weighted by atomic mass is 16.6. The second kappa shape index (κ2) is 7.09. The lowest BCUT2D eigenvalue weighted by Gasteiger charge is -2.18. The number of anilines is 2. The number of hydrogen-bond acceptors (Lipinski definition) is 8. The van der Waals surface area contributed by atoms with Gasteiger partial charge in [-0.25, -0.2) is 9.59 Å². The Bertz CT molecular complexity index is 896. The second-order valence-electron chi connectivity index (χ2n) is 5.49. The van der Waals surface area contributed by atoms with Crippen LogP contribution < -0.4 is 10.6 Å². The predicted octanol–water partition coefficient (Wildman–Crippen LogP) is 1.52. The topological polar surface area (TPSA) is 142 Å². The van der Waals surface area contributed by atoms with E-state index in [4.69, 9.17) is 0 Å². The smallest absolute Gasteiger partial charge is 0.353 e. The van der Waals surface area contributed by atoms with E-state index in [0.717, 1.165) is 6.92 Å². The Morgan fingerprint density at radius 2 is 1.65 bits per heavy atom. The van der Waals surface area contributed by atoms with Crippen LogP contribution in [0.15, 0.2) is 40.8 Å². The highest BCUT2D eigenvalue weighted by molar-refractivity contribution is 6.23. The third kappa shape index (κ3) is 3.72. The van der Waals surface area contributed by atoms with E-state index >= 15 is 0 Å². The highest BCUT2D eigenvalue weighted by Gasteiger charge is 2.36. The Morgan fingerprint density at radius 1 is 1.00 bits per heavy atom. The molecule has 136 valence electrons. The lowest BCUT2D eigenvalue weighted by Crippen LogP contribution is -2.29. The molecule has 0 atom stereocenters. The summed E-state index contributed by atoms with van der Waals surface area (Å²) in [6.07, 6.45) is 0. The Labute approximate surface area is 148 Å². The first-order valence-corrected chi connectivity index (χ1v) is 7.41. The van der Waals surface area contributed by atoms with Gasteiger partial charge < -0.3 is 25.6 Å². The summed E-state index contributed by atoms with van der Waals surface area (Å²) in [6.45, 7) is 3.75. The summed E-state index contributed by atoms with van der Waals surface area (Å²) in [5.41, 5.74) is -0.406. The fourth-order valence-corrected chi connectivity index (χ4v) is 2.33. The molecule has 0 aliphatic carbocycles. The molecule has 0 unspecified atom stereocenters. The van der Waals surface area contributed by atoms with Crippen molar-refractivity contribution in [2.75, 3.05) is 10.6 Å². The van der Waals surface area contributed by atoms with Crippen molar-refractivity contribution in [2.45, 2.75) is 20.8 Å². The number of benzene rings is 1. The number of amides is 1. The largest absolute Gasteiger partial charge is 0.506 e. The number of Topliss-reactive ketones (excluding diaryl/α,β-unsaturated/α-hetero) is 1. The molecule has 26 heavy (non-hydrogen) atoms. The quantitative estimate of drug-likeness (QED) is 0.158. The van der Waals surface area contributed by atoms with Crippen LogP contribution in [0.2, 0.25) is 0 Å². The Kier molecular flexibility index (Phi) is 5.11. The number of phenols is 1. The number of rotatable bonds is 4. The summed E-state index contributed by atoms with van der Waals surface area (Å²) in [5, 5.41) is 25.1. The molecule has 2 rings (SSSR count). The number of phenolic OH excluding ortho intramolecular Hbond substituents is 1. The van der Waals surface area contributed by atoms with Crippen LogP contribution in [0.1, 0.15) is 20.8 Å². The molecule has 9 nitrogen and oxygen atoms in total. The standard InChI is InChI=1S/C17H16N2O7/c1-7(13-15(23)14(8(2)20)17(25)26-16(13)24)18-10-4-5-12(22)11(6-10)19-9(3)21/h4-6,18,22-23H,1-3H3,(H,19,21). The maximum Gasteiger partial charge on any atom is 0.353 e. The van der Waals surface area contributed by atoms with Crippen LogP contribution in [0.5, 0.6) is 5.75 Å². The molecule has 1 aliphatic heterocycles. The number of hydrogen-bond donors (Lipinski definition) is 4. The third-order valence-corrected chi connectivity index (χ3v) is 3.43. The zero-order valence-corrected chi connectivity index (χ0v) is 14.2. The SMILES string of the molecule is CC(=O)Nc1cc(NC(C)=C2C(=O)OC(=O)C(C(C)=O)=C2O)ccc1O. The normalized spacial score (nSPS) is 16.1. The molecule has 0 radical (unpaired) electrons. The number of ether oxygens (including phenoxy) is 1. The van der Waals surface area contributed by atoms with Crippen LogP contribution in [-0.4, -0.2) is 33.8 Å². The van der Waals surface area contributed by atoms with E-state index in [1.54, 1.807) is 0 Å². The lowest BCUT2D eigenvalue weighted by molar-refractivity contribution is -0.155. The number of esters is 2. The van der Waals surface area contributed by atoms with Gasteiger partial charge in [-0.15, -0.1) is 0 Å². The first-order valence-electron chi connectivity index (χ1n) is 7.41. The van der Waals surface area contributed by atoms with Crippen molar-refractivity contribution in [3.8, 4) is 5.75 Å². The molecule has 1 heterocycles. The molecule has 9 heteroatoms. The fraction of sp³-hybridized carbons (Fsp3) is 0.176. The van der Waals surface area contributed by atoms with E-state index in [-0.39, 0.29) is 22.7 Å². The van der Waals surface area contributed by atoms with E-state index in [9.17, 15) is 29.4 Å². The number of nitrogens with one attached hydrogen (secondary N) is 2. The molecule has 1 amide bonds. The van der Waals surface area contributed by atoms with Gasteiger partial charge in [-0.05, 0) is 32.0 Å². The third-order valence-electron chi connectivity index (χ3n) is 3.43. The summed E-state index contributed by atoms with van der Waals surface area (Å²) >= 11 is 0. The van der Waals surface area contributed by atoms with Crippen molar-refractivity contribution >= 4 is 35.0 Å². The zero-order valence-electron chi connectivity index (χ0n) is 14.2. The maximum absolute atomic E-state index is 11.9. The molecule has 0 aromatic heterocycles. The molecule has 0 bridgehead atoms.